The van der Waals surface area contributed by atoms with E-state index in [0.29, 0.717) is 22.2 Å². The van der Waals surface area contributed by atoms with Crippen molar-refractivity contribution in [1.29, 1.82) is 0 Å². The van der Waals surface area contributed by atoms with Crippen molar-refractivity contribution >= 4 is 28.8 Å². The normalized spacial score (nSPS) is 11.1. The fourth-order valence-corrected chi connectivity index (χ4v) is 1.91. The van der Waals surface area contributed by atoms with Crippen molar-refractivity contribution in [2.45, 2.75) is 0 Å². The molecule has 0 bridgehead atoms. The monoisotopic (exact) mass is 298 g/mol. The molecule has 0 fully saturated rings. The van der Waals surface area contributed by atoms with Crippen molar-refractivity contribution in [3.8, 4) is 11.3 Å². The summed E-state index contributed by atoms with van der Waals surface area (Å²) in [4.78, 5) is 0. The molecule has 104 valence electrons. The molecule has 0 amide bonds. The Kier molecular flexibility index (Phi) is 3.66. The molecule has 0 saturated heterocycles. The van der Waals surface area contributed by atoms with E-state index < -0.39 is 0 Å². The lowest BCUT2D eigenvalue weighted by atomic mass is 10.1. The van der Waals surface area contributed by atoms with E-state index in [1.54, 1.807) is 24.3 Å². The number of hydrogen-bond donors (Lipinski definition) is 1. The first-order valence-corrected chi connectivity index (χ1v) is 6.60. The van der Waals surface area contributed by atoms with E-state index in [4.69, 9.17) is 21.9 Å². The van der Waals surface area contributed by atoms with Gasteiger partial charge >= 0.3 is 0 Å². The standard InChI is InChI=1S/C15H11ClN4O/c16-11-6-8-12(9-7-11)18-19-13-14(21-20-15(13)17)10-4-2-1-3-5-10/h1-9H,(H2,17,20). The molecule has 0 aliphatic carbocycles. The van der Waals surface area contributed by atoms with Gasteiger partial charge in [-0.15, -0.1) is 5.11 Å². The van der Waals surface area contributed by atoms with Gasteiger partial charge in [-0.1, -0.05) is 47.1 Å². The largest absolute Gasteiger partial charge is 0.379 e. The van der Waals surface area contributed by atoms with Crippen molar-refractivity contribution < 1.29 is 4.52 Å². The molecule has 2 aromatic carbocycles. The number of azo groups is 1. The molecular weight excluding hydrogens is 288 g/mol. The van der Waals surface area contributed by atoms with E-state index in [1.165, 1.54) is 0 Å². The van der Waals surface area contributed by atoms with Gasteiger partial charge in [0.25, 0.3) is 0 Å². The second-order valence-corrected chi connectivity index (χ2v) is 4.72. The van der Waals surface area contributed by atoms with Crippen LogP contribution < -0.4 is 5.73 Å². The zero-order chi connectivity index (χ0) is 14.7. The number of nitrogens with two attached hydrogens (primary N) is 1. The van der Waals surface area contributed by atoms with Crippen molar-refractivity contribution in [3.05, 3.63) is 59.6 Å². The second-order valence-electron chi connectivity index (χ2n) is 4.29. The van der Waals surface area contributed by atoms with Crippen LogP contribution in [0.15, 0.2) is 69.3 Å². The van der Waals surface area contributed by atoms with Gasteiger partial charge in [0.2, 0.25) is 0 Å². The van der Waals surface area contributed by atoms with Crippen LogP contribution >= 0.6 is 11.6 Å². The molecule has 6 heteroatoms. The summed E-state index contributed by atoms with van der Waals surface area (Å²) in [5, 5.41) is 12.7. The third kappa shape index (κ3) is 2.93. The average molecular weight is 299 g/mol. The Hall–Kier alpha value is -2.66. The third-order valence-electron chi connectivity index (χ3n) is 2.82. The molecule has 0 unspecified atom stereocenters. The molecule has 3 aromatic rings. The predicted octanol–water partition coefficient (Wildman–Crippen LogP) is 4.99. The van der Waals surface area contributed by atoms with Gasteiger partial charge in [-0.25, -0.2) is 0 Å². The van der Waals surface area contributed by atoms with E-state index >= 15 is 0 Å². The highest BCUT2D eigenvalue weighted by atomic mass is 35.5. The molecule has 0 aliphatic heterocycles. The molecule has 0 saturated carbocycles. The summed E-state index contributed by atoms with van der Waals surface area (Å²) in [6.45, 7) is 0. The van der Waals surface area contributed by atoms with Crippen molar-refractivity contribution in [1.82, 2.24) is 5.16 Å². The van der Waals surface area contributed by atoms with Crippen LogP contribution in [0.3, 0.4) is 0 Å². The maximum Gasteiger partial charge on any atom is 0.196 e. The number of anilines is 1. The SMILES string of the molecule is Nc1noc(-c2ccccc2)c1N=Nc1ccc(Cl)cc1. The Morgan fingerprint density at radius 2 is 1.67 bits per heavy atom. The maximum absolute atomic E-state index is 5.82. The fraction of sp³-hybridized carbons (Fsp3) is 0. The van der Waals surface area contributed by atoms with Gasteiger partial charge in [0, 0.05) is 10.6 Å². The van der Waals surface area contributed by atoms with Crippen LogP contribution in [0.2, 0.25) is 5.02 Å². The number of hydrogen-bond acceptors (Lipinski definition) is 5. The van der Waals surface area contributed by atoms with Crippen molar-refractivity contribution in [3.63, 3.8) is 0 Å². The second kappa shape index (κ2) is 5.76. The summed E-state index contributed by atoms with van der Waals surface area (Å²) in [7, 11) is 0. The lowest BCUT2D eigenvalue weighted by molar-refractivity contribution is 0.436. The topological polar surface area (TPSA) is 76.8 Å². The zero-order valence-corrected chi connectivity index (χ0v) is 11.7. The van der Waals surface area contributed by atoms with E-state index in [2.05, 4.69) is 15.4 Å². The lowest BCUT2D eigenvalue weighted by Gasteiger charge is -1.96. The van der Waals surface area contributed by atoms with E-state index in [0.717, 1.165) is 5.56 Å². The Balaban J connectivity index is 1.96. The Bertz CT molecular complexity index is 766. The summed E-state index contributed by atoms with van der Waals surface area (Å²) in [6.07, 6.45) is 0. The van der Waals surface area contributed by atoms with Gasteiger partial charge in [0.05, 0.1) is 5.69 Å². The van der Waals surface area contributed by atoms with Gasteiger partial charge < -0.3 is 10.3 Å². The molecule has 5 nitrogen and oxygen atoms in total. The van der Waals surface area contributed by atoms with Crippen LogP contribution in [0.25, 0.3) is 11.3 Å². The smallest absolute Gasteiger partial charge is 0.196 e. The molecule has 3 rings (SSSR count). The molecular formula is C15H11ClN4O. The average Bonchev–Trinajstić information content (AvgIpc) is 2.89. The predicted molar refractivity (Wildman–Crippen MR) is 82.0 cm³/mol. The summed E-state index contributed by atoms with van der Waals surface area (Å²) in [6, 6.07) is 16.5. The van der Waals surface area contributed by atoms with Gasteiger partial charge in [-0.2, -0.15) is 5.11 Å². The van der Waals surface area contributed by atoms with Gasteiger partial charge in [0.15, 0.2) is 17.3 Å². The molecule has 2 N–H and O–H groups in total. The number of rotatable bonds is 3. The minimum Gasteiger partial charge on any atom is -0.379 e. The van der Waals surface area contributed by atoms with E-state index in [9.17, 15) is 0 Å². The van der Waals surface area contributed by atoms with Crippen LogP contribution in [-0.2, 0) is 0 Å². The number of aromatic nitrogens is 1. The van der Waals surface area contributed by atoms with Crippen LogP contribution in [-0.4, -0.2) is 5.16 Å². The number of benzene rings is 2. The fourth-order valence-electron chi connectivity index (χ4n) is 1.79. The van der Waals surface area contributed by atoms with Crippen molar-refractivity contribution in [2.75, 3.05) is 5.73 Å². The molecule has 0 aliphatic rings. The lowest BCUT2D eigenvalue weighted by Crippen LogP contribution is -1.82. The summed E-state index contributed by atoms with van der Waals surface area (Å²) in [5.41, 5.74) is 7.71. The van der Waals surface area contributed by atoms with Crippen LogP contribution in [0.1, 0.15) is 0 Å². The highest BCUT2D eigenvalue weighted by Gasteiger charge is 2.15. The number of halogens is 1. The van der Waals surface area contributed by atoms with Crippen LogP contribution in [0.5, 0.6) is 0 Å². The third-order valence-corrected chi connectivity index (χ3v) is 3.07. The molecule has 1 heterocycles. The van der Waals surface area contributed by atoms with E-state index in [1.807, 2.05) is 30.3 Å². The minimum absolute atomic E-state index is 0.201. The molecule has 0 spiro atoms. The highest BCUT2D eigenvalue weighted by Crippen LogP contribution is 2.36. The maximum atomic E-state index is 5.82. The number of nitrogens with zero attached hydrogens (tertiary/aromatic N) is 3. The highest BCUT2D eigenvalue weighted by molar-refractivity contribution is 6.30. The van der Waals surface area contributed by atoms with Gasteiger partial charge in [-0.05, 0) is 24.3 Å². The minimum atomic E-state index is 0.201. The first-order valence-electron chi connectivity index (χ1n) is 6.22. The molecule has 0 radical (unpaired) electrons. The van der Waals surface area contributed by atoms with Crippen LogP contribution in [0, 0.1) is 0 Å². The van der Waals surface area contributed by atoms with Crippen LogP contribution in [0.4, 0.5) is 17.2 Å². The van der Waals surface area contributed by atoms with Gasteiger partial charge in [0.1, 0.15) is 0 Å². The zero-order valence-electron chi connectivity index (χ0n) is 10.9. The Labute approximate surface area is 126 Å². The first-order chi connectivity index (χ1) is 10.2. The van der Waals surface area contributed by atoms with Gasteiger partial charge in [-0.3, -0.25) is 0 Å². The number of nitrogen functional groups attached to an aromatic ring is 1. The Morgan fingerprint density at radius 1 is 0.952 bits per heavy atom. The first kappa shape index (κ1) is 13.3. The Morgan fingerprint density at radius 3 is 2.38 bits per heavy atom. The summed E-state index contributed by atoms with van der Waals surface area (Å²) >= 11 is 5.82. The van der Waals surface area contributed by atoms with Crippen molar-refractivity contribution in [2.24, 2.45) is 10.2 Å². The quantitative estimate of drug-likeness (QED) is 0.692. The summed E-state index contributed by atoms with van der Waals surface area (Å²) in [5.74, 6) is 0.692. The molecule has 21 heavy (non-hydrogen) atoms. The molecule has 0 atom stereocenters. The summed E-state index contributed by atoms with van der Waals surface area (Å²) < 4.78 is 5.24. The van der Waals surface area contributed by atoms with E-state index in [-0.39, 0.29) is 5.82 Å². The molecule has 1 aromatic heterocycles.